The van der Waals surface area contributed by atoms with Crippen LogP contribution in [0.25, 0.3) is 0 Å². The summed E-state index contributed by atoms with van der Waals surface area (Å²) in [4.78, 5) is 40.3. The second-order valence-corrected chi connectivity index (χ2v) is 8.89. The van der Waals surface area contributed by atoms with E-state index in [4.69, 9.17) is 0 Å². The molecule has 0 bridgehead atoms. The molecule has 0 aromatic carbocycles. The number of hydrogen-bond acceptors (Lipinski definition) is 5. The third-order valence-electron chi connectivity index (χ3n) is 5.79. The predicted molar refractivity (Wildman–Crippen MR) is 105 cm³/mol. The second kappa shape index (κ2) is 9.74. The summed E-state index contributed by atoms with van der Waals surface area (Å²) >= 11 is 1.46. The molecule has 2 aliphatic rings. The van der Waals surface area contributed by atoms with Crippen molar-refractivity contribution in [3.63, 3.8) is 0 Å². The van der Waals surface area contributed by atoms with Crippen LogP contribution < -0.4 is 5.32 Å². The van der Waals surface area contributed by atoms with Crippen molar-refractivity contribution in [1.82, 2.24) is 15.1 Å². The number of carbonyl (C=O) groups is 3. The molecule has 0 aromatic heterocycles. The smallest absolute Gasteiger partial charge is 0.242 e. The van der Waals surface area contributed by atoms with Gasteiger partial charge >= 0.3 is 0 Å². The maximum absolute atomic E-state index is 12.3. The summed E-state index contributed by atoms with van der Waals surface area (Å²) in [5.41, 5.74) is 0. The monoisotopic (exact) mass is 383 g/mol. The molecule has 1 unspecified atom stereocenters. The molecule has 1 aliphatic heterocycles. The van der Waals surface area contributed by atoms with Gasteiger partial charge in [0.15, 0.2) is 0 Å². The van der Waals surface area contributed by atoms with Crippen LogP contribution in [0.15, 0.2) is 0 Å². The van der Waals surface area contributed by atoms with Crippen LogP contribution in [-0.2, 0) is 14.4 Å². The molecule has 0 spiro atoms. The summed E-state index contributed by atoms with van der Waals surface area (Å²) in [6.45, 7) is 6.35. The molecule has 1 heterocycles. The normalized spacial score (nSPS) is 26.8. The quantitative estimate of drug-likeness (QED) is 0.647. The lowest BCUT2D eigenvalue weighted by atomic mass is 9.81. The van der Waals surface area contributed by atoms with Gasteiger partial charge in [-0.2, -0.15) is 11.8 Å². The summed E-state index contributed by atoms with van der Waals surface area (Å²) in [5.74, 6) is 0.482. The Morgan fingerprint density at radius 3 is 2.46 bits per heavy atom. The first-order valence-electron chi connectivity index (χ1n) is 9.68. The number of carbonyl (C=O) groups excluding carboxylic acids is 3. The van der Waals surface area contributed by atoms with Gasteiger partial charge in [-0.3, -0.25) is 19.3 Å². The molecule has 0 aromatic rings. The highest BCUT2D eigenvalue weighted by Crippen LogP contribution is 2.32. The van der Waals surface area contributed by atoms with Gasteiger partial charge in [0, 0.05) is 38.0 Å². The highest BCUT2D eigenvalue weighted by atomic mass is 32.2. The largest absolute Gasteiger partial charge is 0.355 e. The van der Waals surface area contributed by atoms with Gasteiger partial charge in [0.1, 0.15) is 0 Å². The molecule has 7 heteroatoms. The molecule has 1 saturated carbocycles. The van der Waals surface area contributed by atoms with E-state index in [0.29, 0.717) is 31.5 Å². The summed E-state index contributed by atoms with van der Waals surface area (Å²) < 4.78 is 0. The maximum Gasteiger partial charge on any atom is 0.242 e. The molecule has 0 radical (unpaired) electrons. The maximum atomic E-state index is 12.3. The minimum atomic E-state index is -0.200. The number of hydrogen-bond donors (Lipinski definition) is 1. The number of imide groups is 1. The van der Waals surface area contributed by atoms with Crippen LogP contribution in [0.2, 0.25) is 0 Å². The Labute approximate surface area is 161 Å². The third kappa shape index (κ3) is 5.46. The molecule has 26 heavy (non-hydrogen) atoms. The fraction of sp³-hybridized carbons (Fsp3) is 0.842. The van der Waals surface area contributed by atoms with Crippen molar-refractivity contribution in [2.24, 2.45) is 11.8 Å². The van der Waals surface area contributed by atoms with E-state index in [2.05, 4.69) is 31.1 Å². The molecule has 1 saturated heterocycles. The van der Waals surface area contributed by atoms with Crippen molar-refractivity contribution in [3.8, 4) is 0 Å². The zero-order valence-electron chi connectivity index (χ0n) is 16.5. The van der Waals surface area contributed by atoms with E-state index in [1.54, 1.807) is 0 Å². The van der Waals surface area contributed by atoms with E-state index in [0.717, 1.165) is 32.2 Å². The molecule has 1 aliphatic carbocycles. The first kappa shape index (κ1) is 21.2. The van der Waals surface area contributed by atoms with E-state index in [9.17, 15) is 14.4 Å². The van der Waals surface area contributed by atoms with Crippen LogP contribution in [0, 0.1) is 11.8 Å². The van der Waals surface area contributed by atoms with Crippen LogP contribution in [-0.4, -0.2) is 71.8 Å². The molecule has 6 nitrogen and oxygen atoms in total. The minimum Gasteiger partial charge on any atom is -0.355 e. The second-order valence-electron chi connectivity index (χ2n) is 7.85. The molecule has 148 valence electrons. The SMILES string of the molecule is CSC1CC(=O)N(CC2CCC(C(=O)NCCN(C)C(C)C)CC2)C1=O. The molecule has 2 fully saturated rings. The van der Waals surface area contributed by atoms with E-state index in [1.165, 1.54) is 16.7 Å². The molecule has 1 N–H and O–H groups in total. The average Bonchev–Trinajstić information content (AvgIpc) is 2.89. The van der Waals surface area contributed by atoms with Gasteiger partial charge in [-0.05, 0) is 58.8 Å². The van der Waals surface area contributed by atoms with Crippen LogP contribution >= 0.6 is 11.8 Å². The highest BCUT2D eigenvalue weighted by Gasteiger charge is 2.39. The first-order valence-corrected chi connectivity index (χ1v) is 11.0. The van der Waals surface area contributed by atoms with E-state index in [1.807, 2.05) is 6.26 Å². The van der Waals surface area contributed by atoms with Crippen molar-refractivity contribution < 1.29 is 14.4 Å². The van der Waals surface area contributed by atoms with Crippen LogP contribution in [0.1, 0.15) is 46.0 Å². The fourth-order valence-corrected chi connectivity index (χ4v) is 4.29. The van der Waals surface area contributed by atoms with Gasteiger partial charge in [-0.15, -0.1) is 0 Å². The number of likely N-dealkylation sites (tertiary alicyclic amines) is 1. The van der Waals surface area contributed by atoms with Crippen LogP contribution in [0.3, 0.4) is 0 Å². The number of nitrogens with zero attached hydrogens (tertiary/aromatic N) is 2. The van der Waals surface area contributed by atoms with Gasteiger partial charge in [0.2, 0.25) is 17.7 Å². The standard InChI is InChI=1S/C19H33N3O3S/c1-13(2)21(3)10-9-20-18(24)15-7-5-14(6-8-15)12-22-17(23)11-16(26-4)19(22)25/h13-16H,5-12H2,1-4H3,(H,20,24). The van der Waals surface area contributed by atoms with Gasteiger partial charge < -0.3 is 10.2 Å². The average molecular weight is 384 g/mol. The van der Waals surface area contributed by atoms with Crippen LogP contribution in [0.5, 0.6) is 0 Å². The Balaban J connectivity index is 1.71. The summed E-state index contributed by atoms with van der Waals surface area (Å²) in [6.07, 6.45) is 5.72. The van der Waals surface area contributed by atoms with Gasteiger partial charge in [-0.1, -0.05) is 0 Å². The highest BCUT2D eigenvalue weighted by molar-refractivity contribution is 8.00. The van der Waals surface area contributed by atoms with Gasteiger partial charge in [0.05, 0.1) is 5.25 Å². The van der Waals surface area contributed by atoms with Gasteiger partial charge in [-0.25, -0.2) is 0 Å². The van der Waals surface area contributed by atoms with Crippen molar-refractivity contribution >= 4 is 29.5 Å². The minimum absolute atomic E-state index is 0.0309. The Kier molecular flexibility index (Phi) is 7.95. The van der Waals surface area contributed by atoms with Crippen molar-refractivity contribution in [1.29, 1.82) is 0 Å². The summed E-state index contributed by atoms with van der Waals surface area (Å²) in [7, 11) is 2.06. The zero-order valence-corrected chi connectivity index (χ0v) is 17.3. The topological polar surface area (TPSA) is 69.7 Å². The fourth-order valence-electron chi connectivity index (χ4n) is 3.65. The summed E-state index contributed by atoms with van der Waals surface area (Å²) in [6, 6.07) is 0.476. The number of thioether (sulfide) groups is 1. The van der Waals surface area contributed by atoms with E-state index in [-0.39, 0.29) is 28.9 Å². The summed E-state index contributed by atoms with van der Waals surface area (Å²) in [5, 5.41) is 2.85. The molecular weight excluding hydrogens is 350 g/mol. The Hall–Kier alpha value is -1.08. The number of nitrogens with one attached hydrogen (secondary N) is 1. The number of rotatable bonds is 8. The van der Waals surface area contributed by atoms with Crippen molar-refractivity contribution in [3.05, 3.63) is 0 Å². The molecule has 3 amide bonds. The Morgan fingerprint density at radius 2 is 1.92 bits per heavy atom. The van der Waals surface area contributed by atoms with E-state index < -0.39 is 0 Å². The first-order chi connectivity index (χ1) is 12.3. The van der Waals surface area contributed by atoms with Crippen molar-refractivity contribution in [2.45, 2.75) is 57.2 Å². The third-order valence-corrected chi connectivity index (χ3v) is 6.73. The predicted octanol–water partition coefficient (Wildman–Crippen LogP) is 1.74. The molecule has 1 atom stereocenters. The van der Waals surface area contributed by atoms with Gasteiger partial charge in [0.25, 0.3) is 0 Å². The molecular formula is C19H33N3O3S. The Morgan fingerprint density at radius 1 is 1.27 bits per heavy atom. The number of likely N-dealkylation sites (N-methyl/N-ethyl adjacent to an activating group) is 1. The lowest BCUT2D eigenvalue weighted by molar-refractivity contribution is -0.139. The van der Waals surface area contributed by atoms with Crippen LogP contribution in [0.4, 0.5) is 0 Å². The van der Waals surface area contributed by atoms with E-state index >= 15 is 0 Å². The lowest BCUT2D eigenvalue weighted by Gasteiger charge is -2.30. The lowest BCUT2D eigenvalue weighted by Crippen LogP contribution is -2.41. The Bertz CT molecular complexity index is 518. The molecule has 2 rings (SSSR count). The van der Waals surface area contributed by atoms with Crippen molar-refractivity contribution in [2.75, 3.05) is 32.9 Å². The number of amides is 3. The zero-order chi connectivity index (χ0) is 19.3.